The van der Waals surface area contributed by atoms with E-state index in [-0.39, 0.29) is 6.10 Å². The molecule has 0 fully saturated rings. The summed E-state index contributed by atoms with van der Waals surface area (Å²) in [4.78, 5) is 0. The Balaban J connectivity index is 1.74. The van der Waals surface area contributed by atoms with Crippen LogP contribution in [0.15, 0.2) is 78.9 Å². The first-order valence-electron chi connectivity index (χ1n) is 9.20. The molecule has 0 radical (unpaired) electrons. The lowest BCUT2D eigenvalue weighted by atomic mass is 9.99. The SMILES string of the molecule is BrCc1cccc(CC(Cc2cccc(CBr)c2)OCc2ccccc2)c1. The molecule has 3 aromatic carbocycles. The van der Waals surface area contributed by atoms with Crippen molar-refractivity contribution in [1.82, 2.24) is 0 Å². The number of hydrogen-bond donors (Lipinski definition) is 0. The van der Waals surface area contributed by atoms with E-state index in [4.69, 9.17) is 4.74 Å². The smallest absolute Gasteiger partial charge is 0.0720 e. The molecule has 0 aliphatic carbocycles. The van der Waals surface area contributed by atoms with Gasteiger partial charge in [0.25, 0.3) is 0 Å². The number of rotatable bonds is 9. The van der Waals surface area contributed by atoms with E-state index < -0.39 is 0 Å². The summed E-state index contributed by atoms with van der Waals surface area (Å²) in [5.41, 5.74) is 6.46. The van der Waals surface area contributed by atoms with E-state index in [2.05, 4.69) is 105 Å². The van der Waals surface area contributed by atoms with Crippen molar-refractivity contribution in [2.45, 2.75) is 36.2 Å². The van der Waals surface area contributed by atoms with E-state index >= 15 is 0 Å². The van der Waals surface area contributed by atoms with Gasteiger partial charge in [-0.05, 0) is 40.7 Å². The normalized spacial score (nSPS) is 11.1. The first-order chi connectivity index (χ1) is 13.3. The van der Waals surface area contributed by atoms with Crippen LogP contribution >= 0.6 is 31.9 Å². The van der Waals surface area contributed by atoms with E-state index in [1.807, 2.05) is 6.07 Å². The highest BCUT2D eigenvalue weighted by atomic mass is 79.9. The number of ether oxygens (including phenoxy) is 1. The largest absolute Gasteiger partial charge is 0.373 e. The zero-order chi connectivity index (χ0) is 18.9. The van der Waals surface area contributed by atoms with Crippen molar-refractivity contribution < 1.29 is 4.74 Å². The van der Waals surface area contributed by atoms with Crippen LogP contribution in [0.3, 0.4) is 0 Å². The Labute approximate surface area is 179 Å². The molecule has 27 heavy (non-hydrogen) atoms. The molecule has 0 heterocycles. The van der Waals surface area contributed by atoms with Crippen LogP contribution in [0, 0.1) is 0 Å². The summed E-state index contributed by atoms with van der Waals surface area (Å²) in [5.74, 6) is 0. The quantitative estimate of drug-likeness (QED) is 0.300. The molecule has 0 saturated carbocycles. The lowest BCUT2D eigenvalue weighted by Gasteiger charge is -2.19. The highest BCUT2D eigenvalue weighted by molar-refractivity contribution is 9.08. The van der Waals surface area contributed by atoms with Crippen molar-refractivity contribution in [2.75, 3.05) is 0 Å². The zero-order valence-electron chi connectivity index (χ0n) is 15.3. The van der Waals surface area contributed by atoms with Crippen LogP contribution in [-0.2, 0) is 34.8 Å². The molecule has 3 rings (SSSR count). The van der Waals surface area contributed by atoms with Crippen LogP contribution < -0.4 is 0 Å². The van der Waals surface area contributed by atoms with Gasteiger partial charge in [-0.3, -0.25) is 0 Å². The van der Waals surface area contributed by atoms with Gasteiger partial charge in [0.1, 0.15) is 0 Å². The fraction of sp³-hybridized carbons (Fsp3) is 0.250. The fourth-order valence-electron chi connectivity index (χ4n) is 3.18. The molecule has 0 N–H and O–H groups in total. The minimum Gasteiger partial charge on any atom is -0.373 e. The molecule has 0 aromatic heterocycles. The van der Waals surface area contributed by atoms with Gasteiger partial charge in [0.05, 0.1) is 12.7 Å². The summed E-state index contributed by atoms with van der Waals surface area (Å²) >= 11 is 7.11. The van der Waals surface area contributed by atoms with E-state index in [1.54, 1.807) is 0 Å². The Kier molecular flexibility index (Phi) is 8.12. The van der Waals surface area contributed by atoms with Gasteiger partial charge in [0.15, 0.2) is 0 Å². The molecule has 0 aliphatic rings. The standard InChI is InChI=1S/C24H24Br2O/c25-16-22-10-4-8-20(12-22)14-24(27-18-19-6-2-1-3-7-19)15-21-9-5-11-23(13-21)17-26/h1-13,24H,14-18H2. The van der Waals surface area contributed by atoms with Gasteiger partial charge in [0, 0.05) is 10.7 Å². The lowest BCUT2D eigenvalue weighted by molar-refractivity contribution is 0.0412. The van der Waals surface area contributed by atoms with Gasteiger partial charge < -0.3 is 4.74 Å². The summed E-state index contributed by atoms with van der Waals surface area (Å²) in [6.45, 7) is 0.641. The molecule has 3 aromatic rings. The maximum Gasteiger partial charge on any atom is 0.0720 e. The highest BCUT2D eigenvalue weighted by Gasteiger charge is 2.13. The van der Waals surface area contributed by atoms with Crippen LogP contribution in [0.25, 0.3) is 0 Å². The van der Waals surface area contributed by atoms with Crippen molar-refractivity contribution >= 4 is 31.9 Å². The third kappa shape index (κ3) is 6.60. The minimum absolute atomic E-state index is 0.140. The molecule has 0 atom stereocenters. The zero-order valence-corrected chi connectivity index (χ0v) is 18.5. The van der Waals surface area contributed by atoms with Gasteiger partial charge in [0.2, 0.25) is 0 Å². The Hall–Kier alpha value is -1.42. The third-order valence-corrected chi connectivity index (χ3v) is 5.84. The maximum atomic E-state index is 6.36. The molecular weight excluding hydrogens is 464 g/mol. The molecule has 0 aliphatic heterocycles. The topological polar surface area (TPSA) is 9.23 Å². The third-order valence-electron chi connectivity index (χ3n) is 4.55. The molecule has 3 heteroatoms. The monoisotopic (exact) mass is 486 g/mol. The van der Waals surface area contributed by atoms with Crippen LogP contribution in [0.1, 0.15) is 27.8 Å². The second kappa shape index (κ2) is 10.8. The molecule has 0 saturated heterocycles. The number of alkyl halides is 2. The summed E-state index contributed by atoms with van der Waals surface area (Å²) in [5, 5.41) is 1.76. The molecule has 140 valence electrons. The van der Waals surface area contributed by atoms with Gasteiger partial charge in [-0.25, -0.2) is 0 Å². The van der Waals surface area contributed by atoms with Crippen LogP contribution in [0.2, 0.25) is 0 Å². The van der Waals surface area contributed by atoms with Crippen molar-refractivity contribution in [2.24, 2.45) is 0 Å². The molecule has 0 unspecified atom stereocenters. The van der Waals surface area contributed by atoms with Gasteiger partial charge in [-0.1, -0.05) is 111 Å². The summed E-state index contributed by atoms with van der Waals surface area (Å²) in [7, 11) is 0. The summed E-state index contributed by atoms with van der Waals surface area (Å²) < 4.78 is 6.36. The van der Waals surface area contributed by atoms with E-state index in [1.165, 1.54) is 27.8 Å². The first kappa shape index (κ1) is 20.3. The predicted octanol–water partition coefficient (Wildman–Crippen LogP) is 6.85. The van der Waals surface area contributed by atoms with E-state index in [0.29, 0.717) is 6.61 Å². The fourth-order valence-corrected chi connectivity index (χ4v) is 3.88. The second-order valence-corrected chi connectivity index (χ2v) is 7.86. The maximum absolute atomic E-state index is 6.36. The molecular formula is C24H24Br2O. The van der Waals surface area contributed by atoms with E-state index in [0.717, 1.165) is 23.5 Å². The first-order valence-corrected chi connectivity index (χ1v) is 11.4. The van der Waals surface area contributed by atoms with Gasteiger partial charge in [-0.15, -0.1) is 0 Å². The average Bonchev–Trinajstić information content (AvgIpc) is 2.73. The number of benzene rings is 3. The Bertz CT molecular complexity index is 783. The molecule has 1 nitrogen and oxygen atoms in total. The van der Waals surface area contributed by atoms with Crippen molar-refractivity contribution in [3.05, 3.63) is 107 Å². The molecule has 0 spiro atoms. The number of halogens is 2. The highest BCUT2D eigenvalue weighted by Crippen LogP contribution is 2.18. The van der Waals surface area contributed by atoms with Crippen LogP contribution in [-0.4, -0.2) is 6.10 Å². The van der Waals surface area contributed by atoms with Crippen LogP contribution in [0.5, 0.6) is 0 Å². The Morgan fingerprint density at radius 3 is 1.59 bits per heavy atom. The summed E-state index contributed by atoms with van der Waals surface area (Å²) in [6.07, 6.45) is 1.96. The Morgan fingerprint density at radius 2 is 1.07 bits per heavy atom. The Morgan fingerprint density at radius 1 is 0.593 bits per heavy atom. The lowest BCUT2D eigenvalue weighted by Crippen LogP contribution is -2.19. The number of hydrogen-bond acceptors (Lipinski definition) is 1. The van der Waals surface area contributed by atoms with Crippen molar-refractivity contribution in [3.63, 3.8) is 0 Å². The van der Waals surface area contributed by atoms with E-state index in [9.17, 15) is 0 Å². The average molecular weight is 488 g/mol. The predicted molar refractivity (Wildman–Crippen MR) is 121 cm³/mol. The second-order valence-electron chi connectivity index (χ2n) is 6.73. The molecule has 0 bridgehead atoms. The van der Waals surface area contributed by atoms with Crippen LogP contribution in [0.4, 0.5) is 0 Å². The summed E-state index contributed by atoms with van der Waals surface area (Å²) in [6, 6.07) is 27.9. The minimum atomic E-state index is 0.140. The van der Waals surface area contributed by atoms with Crippen molar-refractivity contribution in [1.29, 1.82) is 0 Å². The van der Waals surface area contributed by atoms with Gasteiger partial charge >= 0.3 is 0 Å². The van der Waals surface area contributed by atoms with Crippen molar-refractivity contribution in [3.8, 4) is 0 Å². The van der Waals surface area contributed by atoms with Gasteiger partial charge in [-0.2, -0.15) is 0 Å². The molecule has 0 amide bonds.